The zero-order valence-electron chi connectivity index (χ0n) is 19.9. The summed E-state index contributed by atoms with van der Waals surface area (Å²) in [6, 6.07) is 7.97. The number of alkyl halides is 3. The van der Waals surface area contributed by atoms with Crippen LogP contribution in [0.25, 0.3) is 0 Å². The Morgan fingerprint density at radius 1 is 1.03 bits per heavy atom. The Balaban J connectivity index is 1.89. The average molecular weight is 516 g/mol. The fourth-order valence-electron chi connectivity index (χ4n) is 4.05. The molecule has 0 bridgehead atoms. The minimum absolute atomic E-state index is 0.0952. The van der Waals surface area contributed by atoms with E-state index in [1.54, 1.807) is 22.8 Å². The summed E-state index contributed by atoms with van der Waals surface area (Å²) in [4.78, 5) is 16.8. The van der Waals surface area contributed by atoms with Crippen LogP contribution in [0.3, 0.4) is 0 Å². The van der Waals surface area contributed by atoms with Crippen LogP contribution in [0.15, 0.2) is 36.4 Å². The van der Waals surface area contributed by atoms with E-state index in [1.807, 2.05) is 0 Å². The zero-order valence-corrected chi connectivity index (χ0v) is 20.7. The number of benzene rings is 2. The molecule has 0 aromatic heterocycles. The number of carbonyl (C=O) groups excluding carboxylic acids is 1. The van der Waals surface area contributed by atoms with Crippen molar-refractivity contribution in [2.75, 3.05) is 62.4 Å². The Labute approximate surface area is 202 Å². The first-order chi connectivity index (χ1) is 16.4. The Hall–Kier alpha value is -3.15. The highest BCUT2D eigenvalue weighted by atomic mass is 32.2. The molecule has 2 aromatic rings. The fourth-order valence-corrected chi connectivity index (χ4v) is 5.02. The smallest absolute Gasteiger partial charge is 0.416 e. The third kappa shape index (κ3) is 5.75. The van der Waals surface area contributed by atoms with E-state index in [9.17, 15) is 26.4 Å². The lowest BCUT2D eigenvalue weighted by Gasteiger charge is -2.37. The standard InChI is InChI=1S/C23H28F3N3O5S/c1-5-29(35(4,31)32)19-15-21(34-3)20(33-2)14-18(19)22(30)28-11-9-27(10-12-28)17-8-6-7-16(13-17)23(24,25)26/h6-8,13-15H,5,9-12H2,1-4H3. The Kier molecular flexibility index (Phi) is 7.73. The number of anilines is 2. The summed E-state index contributed by atoms with van der Waals surface area (Å²) < 4.78 is 75.8. The highest BCUT2D eigenvalue weighted by molar-refractivity contribution is 7.92. The van der Waals surface area contributed by atoms with Crippen molar-refractivity contribution in [2.45, 2.75) is 13.1 Å². The normalized spacial score (nSPS) is 14.6. The van der Waals surface area contributed by atoms with E-state index in [1.165, 1.54) is 32.4 Å². The number of piperazine rings is 1. The van der Waals surface area contributed by atoms with Crippen LogP contribution in [0.1, 0.15) is 22.8 Å². The molecule has 0 saturated carbocycles. The summed E-state index contributed by atoms with van der Waals surface area (Å²) in [7, 11) is -0.874. The highest BCUT2D eigenvalue weighted by Gasteiger charge is 2.32. The number of sulfonamides is 1. The van der Waals surface area contributed by atoms with Crippen LogP contribution in [0.2, 0.25) is 0 Å². The Morgan fingerprint density at radius 2 is 1.63 bits per heavy atom. The van der Waals surface area contributed by atoms with Crippen LogP contribution in [0, 0.1) is 0 Å². The first-order valence-electron chi connectivity index (χ1n) is 10.9. The molecule has 192 valence electrons. The molecule has 0 unspecified atom stereocenters. The molecule has 3 rings (SSSR count). The molecule has 0 radical (unpaired) electrons. The molecule has 1 heterocycles. The molecule has 1 amide bonds. The molecule has 0 N–H and O–H groups in total. The molecule has 1 aliphatic heterocycles. The molecular weight excluding hydrogens is 487 g/mol. The van der Waals surface area contributed by atoms with Gasteiger partial charge in [0.25, 0.3) is 5.91 Å². The molecule has 1 aliphatic rings. The van der Waals surface area contributed by atoms with Crippen LogP contribution in [0.4, 0.5) is 24.5 Å². The number of amides is 1. The lowest BCUT2D eigenvalue weighted by atomic mass is 10.1. The third-order valence-corrected chi connectivity index (χ3v) is 7.05. The second-order valence-corrected chi connectivity index (χ2v) is 9.89. The van der Waals surface area contributed by atoms with E-state index in [4.69, 9.17) is 9.47 Å². The molecule has 35 heavy (non-hydrogen) atoms. The van der Waals surface area contributed by atoms with Crippen LogP contribution in [-0.4, -0.2) is 72.4 Å². The summed E-state index contributed by atoms with van der Waals surface area (Å²) in [5, 5.41) is 0. The van der Waals surface area contributed by atoms with Crippen LogP contribution in [-0.2, 0) is 16.2 Å². The lowest BCUT2D eigenvalue weighted by Crippen LogP contribution is -2.49. The predicted octanol–water partition coefficient (Wildman–Crippen LogP) is 3.47. The molecule has 8 nitrogen and oxygen atoms in total. The maximum absolute atomic E-state index is 13.5. The molecule has 2 aromatic carbocycles. The van der Waals surface area contributed by atoms with Crippen molar-refractivity contribution >= 4 is 27.3 Å². The van der Waals surface area contributed by atoms with Gasteiger partial charge in [-0.1, -0.05) is 6.07 Å². The first kappa shape index (κ1) is 26.5. The van der Waals surface area contributed by atoms with Gasteiger partial charge in [0.2, 0.25) is 10.0 Å². The first-order valence-corrected chi connectivity index (χ1v) is 12.7. The van der Waals surface area contributed by atoms with Gasteiger partial charge >= 0.3 is 6.18 Å². The van der Waals surface area contributed by atoms with Crippen LogP contribution >= 0.6 is 0 Å². The van der Waals surface area contributed by atoms with E-state index in [2.05, 4.69) is 0 Å². The van der Waals surface area contributed by atoms with Crippen molar-refractivity contribution in [3.05, 3.63) is 47.5 Å². The fraction of sp³-hybridized carbons (Fsp3) is 0.435. The van der Waals surface area contributed by atoms with Gasteiger partial charge in [-0.3, -0.25) is 9.10 Å². The van der Waals surface area contributed by atoms with E-state index < -0.39 is 27.7 Å². The molecule has 1 saturated heterocycles. The number of hydrogen-bond acceptors (Lipinski definition) is 6. The minimum atomic E-state index is -4.44. The van der Waals surface area contributed by atoms with Crippen molar-refractivity contribution in [2.24, 2.45) is 0 Å². The molecule has 0 spiro atoms. The van der Waals surface area contributed by atoms with Gasteiger partial charge in [0, 0.05) is 44.5 Å². The van der Waals surface area contributed by atoms with Crippen LogP contribution in [0.5, 0.6) is 11.5 Å². The van der Waals surface area contributed by atoms with Gasteiger partial charge in [0.05, 0.1) is 37.3 Å². The largest absolute Gasteiger partial charge is 0.493 e. The number of methoxy groups -OCH3 is 2. The van der Waals surface area contributed by atoms with E-state index in [-0.39, 0.29) is 42.4 Å². The van der Waals surface area contributed by atoms with Crippen molar-refractivity contribution in [1.29, 1.82) is 0 Å². The summed E-state index contributed by atoms with van der Waals surface area (Å²) in [6.45, 7) is 2.87. The molecule has 12 heteroatoms. The highest BCUT2D eigenvalue weighted by Crippen LogP contribution is 2.37. The zero-order chi connectivity index (χ0) is 26.0. The maximum Gasteiger partial charge on any atom is 0.416 e. The number of carbonyl (C=O) groups is 1. The molecular formula is C23H28F3N3O5S. The summed E-state index contributed by atoms with van der Waals surface area (Å²) in [5.41, 5.74) is -0.0164. The Morgan fingerprint density at radius 3 is 2.14 bits per heavy atom. The number of nitrogens with zero attached hydrogens (tertiary/aromatic N) is 3. The summed E-state index contributed by atoms with van der Waals surface area (Å²) in [5.74, 6) is 0.133. The van der Waals surface area contributed by atoms with Gasteiger partial charge in [0.1, 0.15) is 0 Å². The van der Waals surface area contributed by atoms with Crippen LogP contribution < -0.4 is 18.7 Å². The van der Waals surface area contributed by atoms with Gasteiger partial charge in [-0.2, -0.15) is 13.2 Å². The van der Waals surface area contributed by atoms with Crippen molar-refractivity contribution in [3.63, 3.8) is 0 Å². The molecule has 0 aliphatic carbocycles. The number of ether oxygens (including phenoxy) is 2. The summed E-state index contributed by atoms with van der Waals surface area (Å²) in [6.07, 6.45) is -3.39. The van der Waals surface area contributed by atoms with Crippen molar-refractivity contribution < 1.29 is 35.9 Å². The number of hydrogen-bond donors (Lipinski definition) is 0. The summed E-state index contributed by atoms with van der Waals surface area (Å²) >= 11 is 0. The van der Waals surface area contributed by atoms with Gasteiger partial charge in [-0.05, 0) is 31.2 Å². The van der Waals surface area contributed by atoms with Gasteiger partial charge < -0.3 is 19.3 Å². The van der Waals surface area contributed by atoms with Crippen molar-refractivity contribution in [3.8, 4) is 11.5 Å². The van der Waals surface area contributed by atoms with Gasteiger partial charge in [-0.25, -0.2) is 8.42 Å². The second-order valence-electron chi connectivity index (χ2n) is 7.98. The minimum Gasteiger partial charge on any atom is -0.493 e. The molecule has 1 fully saturated rings. The SMILES string of the molecule is CCN(c1cc(OC)c(OC)cc1C(=O)N1CCN(c2cccc(C(F)(F)F)c2)CC1)S(C)(=O)=O. The maximum atomic E-state index is 13.5. The van der Waals surface area contributed by atoms with E-state index in [0.29, 0.717) is 18.8 Å². The average Bonchev–Trinajstić information content (AvgIpc) is 2.82. The van der Waals surface area contributed by atoms with Gasteiger partial charge in [0.15, 0.2) is 11.5 Å². The van der Waals surface area contributed by atoms with Crippen molar-refractivity contribution in [1.82, 2.24) is 4.90 Å². The molecule has 0 atom stereocenters. The van der Waals surface area contributed by atoms with E-state index in [0.717, 1.165) is 22.7 Å². The quantitative estimate of drug-likeness (QED) is 0.562. The number of halogens is 3. The second kappa shape index (κ2) is 10.2. The lowest BCUT2D eigenvalue weighted by molar-refractivity contribution is -0.137. The number of rotatable bonds is 7. The Bertz CT molecular complexity index is 1180. The monoisotopic (exact) mass is 515 g/mol. The predicted molar refractivity (Wildman–Crippen MR) is 127 cm³/mol. The van der Waals surface area contributed by atoms with E-state index >= 15 is 0 Å². The third-order valence-electron chi connectivity index (χ3n) is 5.79. The van der Waals surface area contributed by atoms with Gasteiger partial charge in [-0.15, -0.1) is 0 Å². The topological polar surface area (TPSA) is 79.4 Å².